The van der Waals surface area contributed by atoms with Crippen molar-refractivity contribution in [2.24, 2.45) is 11.8 Å². The highest BCUT2D eigenvalue weighted by molar-refractivity contribution is 5.93. The Labute approximate surface area is 329 Å². The standard InChI is InChI=1S/C45H55N5O6/c1-5-29(3)26-47-41(52)25-40(51)42(30(4)6-2)50-44(54)38(24-34-27-46-37-22-13-12-21-36(34)37)48-43(53)39(49-45(55)56-28-31-15-8-7-9-16-31)23-33-19-14-18-32-17-10-11-20-35(32)33/h7-22,27,29-30,38-40,42,46,51H,5-6,23-26,28H2,1-4H3,(H,47,52)(H,48,53)(H,49,55)(H,50,54)/t29?,30?,38-,39-,40-,42-/m0/s1. The smallest absolute Gasteiger partial charge is 0.408 e. The molecule has 11 heteroatoms. The maximum atomic E-state index is 14.4. The maximum absolute atomic E-state index is 14.4. The molecule has 296 valence electrons. The van der Waals surface area contributed by atoms with Gasteiger partial charge in [-0.3, -0.25) is 14.4 Å². The monoisotopic (exact) mass is 761 g/mol. The van der Waals surface area contributed by atoms with E-state index in [9.17, 15) is 24.3 Å². The van der Waals surface area contributed by atoms with E-state index in [2.05, 4.69) is 26.3 Å². The van der Waals surface area contributed by atoms with Crippen LogP contribution in [0.4, 0.5) is 4.79 Å². The van der Waals surface area contributed by atoms with Gasteiger partial charge in [0.15, 0.2) is 0 Å². The summed E-state index contributed by atoms with van der Waals surface area (Å²) >= 11 is 0. The van der Waals surface area contributed by atoms with Crippen molar-refractivity contribution in [3.8, 4) is 0 Å². The number of aliphatic hydroxyl groups is 1. The third-order valence-corrected chi connectivity index (χ3v) is 10.6. The number of hydrogen-bond donors (Lipinski definition) is 6. The first-order chi connectivity index (χ1) is 27.1. The summed E-state index contributed by atoms with van der Waals surface area (Å²) in [5.74, 6) is -1.31. The number of nitrogens with one attached hydrogen (secondary N) is 5. The van der Waals surface area contributed by atoms with E-state index in [1.807, 2.05) is 131 Å². The molecule has 0 aliphatic heterocycles. The summed E-state index contributed by atoms with van der Waals surface area (Å²) in [6.07, 6.45) is 1.44. The lowest BCUT2D eigenvalue weighted by Gasteiger charge is -2.31. The van der Waals surface area contributed by atoms with E-state index in [4.69, 9.17) is 4.74 Å². The number of benzene rings is 4. The lowest BCUT2D eigenvalue weighted by molar-refractivity contribution is -0.131. The lowest BCUT2D eigenvalue weighted by Crippen LogP contribution is -2.58. The molecule has 1 heterocycles. The number of amides is 4. The van der Waals surface area contributed by atoms with Crippen molar-refractivity contribution in [2.45, 2.75) is 90.6 Å². The fourth-order valence-corrected chi connectivity index (χ4v) is 6.77. The number of hydrogen-bond acceptors (Lipinski definition) is 6. The van der Waals surface area contributed by atoms with E-state index in [0.717, 1.165) is 44.8 Å². The van der Waals surface area contributed by atoms with Gasteiger partial charge in [0.2, 0.25) is 17.7 Å². The average Bonchev–Trinajstić information content (AvgIpc) is 3.63. The lowest BCUT2D eigenvalue weighted by atomic mass is 9.91. The van der Waals surface area contributed by atoms with Gasteiger partial charge in [0, 0.05) is 36.5 Å². The molecule has 0 bridgehead atoms. The summed E-state index contributed by atoms with van der Waals surface area (Å²) in [6.45, 7) is 8.45. The van der Waals surface area contributed by atoms with Crippen molar-refractivity contribution in [3.63, 3.8) is 0 Å². The molecule has 56 heavy (non-hydrogen) atoms. The molecule has 0 aliphatic rings. The van der Waals surface area contributed by atoms with Crippen LogP contribution in [0, 0.1) is 11.8 Å². The highest BCUT2D eigenvalue weighted by Gasteiger charge is 2.33. The third-order valence-electron chi connectivity index (χ3n) is 10.6. The first-order valence-corrected chi connectivity index (χ1v) is 19.6. The zero-order valence-corrected chi connectivity index (χ0v) is 32.7. The molecule has 1 aromatic heterocycles. The van der Waals surface area contributed by atoms with Gasteiger partial charge >= 0.3 is 6.09 Å². The molecule has 0 saturated heterocycles. The van der Waals surface area contributed by atoms with Crippen LogP contribution in [0.3, 0.4) is 0 Å². The van der Waals surface area contributed by atoms with Crippen LogP contribution in [0.15, 0.2) is 103 Å². The Morgan fingerprint density at radius 2 is 1.36 bits per heavy atom. The number of fused-ring (bicyclic) bond motifs is 2. The number of H-pyrrole nitrogens is 1. The molecular weight excluding hydrogens is 707 g/mol. The minimum Gasteiger partial charge on any atom is -0.445 e. The van der Waals surface area contributed by atoms with Crippen molar-refractivity contribution in [2.75, 3.05) is 6.54 Å². The highest BCUT2D eigenvalue weighted by atomic mass is 16.5. The molecule has 0 spiro atoms. The Morgan fingerprint density at radius 3 is 2.11 bits per heavy atom. The second-order valence-electron chi connectivity index (χ2n) is 14.7. The number of aromatic amines is 1. The molecule has 11 nitrogen and oxygen atoms in total. The van der Waals surface area contributed by atoms with Gasteiger partial charge in [0.1, 0.15) is 18.7 Å². The number of rotatable bonds is 19. The molecule has 0 radical (unpaired) electrons. The minimum absolute atomic E-state index is 0.00978. The van der Waals surface area contributed by atoms with Gasteiger partial charge in [0.05, 0.1) is 18.6 Å². The van der Waals surface area contributed by atoms with Crippen LogP contribution in [0.2, 0.25) is 0 Å². The molecule has 4 aromatic carbocycles. The van der Waals surface area contributed by atoms with Crippen molar-refractivity contribution in [1.82, 2.24) is 26.3 Å². The normalized spacial score (nSPS) is 14.5. The van der Waals surface area contributed by atoms with Gasteiger partial charge < -0.3 is 36.1 Å². The number of carbonyl (C=O) groups excluding carboxylic acids is 4. The van der Waals surface area contributed by atoms with Crippen LogP contribution >= 0.6 is 0 Å². The van der Waals surface area contributed by atoms with Crippen LogP contribution in [0.25, 0.3) is 21.7 Å². The predicted molar refractivity (Wildman–Crippen MR) is 220 cm³/mol. The van der Waals surface area contributed by atoms with E-state index in [1.165, 1.54) is 0 Å². The molecular formula is C45H55N5O6. The van der Waals surface area contributed by atoms with Crippen LogP contribution in [-0.2, 0) is 38.6 Å². The molecule has 5 rings (SSSR count). The van der Waals surface area contributed by atoms with Crippen molar-refractivity contribution < 1.29 is 29.0 Å². The van der Waals surface area contributed by atoms with Gasteiger partial charge in [-0.15, -0.1) is 0 Å². The number of ether oxygens (including phenoxy) is 1. The van der Waals surface area contributed by atoms with Crippen molar-refractivity contribution >= 4 is 45.5 Å². The zero-order chi connectivity index (χ0) is 40.0. The number of alkyl carbamates (subject to hydrolysis) is 1. The molecule has 0 aliphatic carbocycles. The summed E-state index contributed by atoms with van der Waals surface area (Å²) in [7, 11) is 0. The van der Waals surface area contributed by atoms with E-state index in [-0.39, 0.29) is 37.7 Å². The quantitative estimate of drug-likeness (QED) is 0.0577. The summed E-state index contributed by atoms with van der Waals surface area (Å²) in [5, 5.41) is 25.8. The van der Waals surface area contributed by atoms with Gasteiger partial charge in [0.25, 0.3) is 0 Å². The molecule has 4 amide bonds. The van der Waals surface area contributed by atoms with Crippen molar-refractivity contribution in [3.05, 3.63) is 120 Å². The first kappa shape index (κ1) is 41.5. The topological polar surface area (TPSA) is 162 Å². The van der Waals surface area contributed by atoms with Crippen LogP contribution in [0.1, 0.15) is 63.6 Å². The second kappa shape index (κ2) is 20.3. The summed E-state index contributed by atoms with van der Waals surface area (Å²) in [4.78, 5) is 58.2. The average molecular weight is 762 g/mol. The highest BCUT2D eigenvalue weighted by Crippen LogP contribution is 2.22. The van der Waals surface area contributed by atoms with E-state index >= 15 is 0 Å². The largest absolute Gasteiger partial charge is 0.445 e. The van der Waals surface area contributed by atoms with Crippen LogP contribution in [0.5, 0.6) is 0 Å². The fraction of sp³-hybridized carbons (Fsp3) is 0.378. The predicted octanol–water partition coefficient (Wildman–Crippen LogP) is 6.33. The van der Waals surface area contributed by atoms with Gasteiger partial charge in [-0.05, 0) is 45.4 Å². The number of aromatic nitrogens is 1. The Kier molecular flexibility index (Phi) is 15.0. The molecule has 5 aromatic rings. The maximum Gasteiger partial charge on any atom is 0.408 e. The first-order valence-electron chi connectivity index (χ1n) is 19.6. The van der Waals surface area contributed by atoms with E-state index < -0.39 is 42.1 Å². The Morgan fingerprint density at radius 1 is 0.714 bits per heavy atom. The van der Waals surface area contributed by atoms with Crippen LogP contribution < -0.4 is 21.3 Å². The molecule has 2 unspecified atom stereocenters. The van der Waals surface area contributed by atoms with E-state index in [1.54, 1.807) is 0 Å². The summed E-state index contributed by atoms with van der Waals surface area (Å²) in [6, 6.07) is 27.5. The fourth-order valence-electron chi connectivity index (χ4n) is 6.77. The van der Waals surface area contributed by atoms with Crippen LogP contribution in [-0.4, -0.2) is 64.7 Å². The van der Waals surface area contributed by atoms with Gasteiger partial charge in [-0.2, -0.15) is 0 Å². The summed E-state index contributed by atoms with van der Waals surface area (Å²) in [5.41, 5.74) is 3.29. The number of carbonyl (C=O) groups is 4. The third kappa shape index (κ3) is 11.4. The van der Waals surface area contributed by atoms with Gasteiger partial charge in [-0.1, -0.05) is 132 Å². The second-order valence-corrected chi connectivity index (χ2v) is 14.7. The Balaban J connectivity index is 1.41. The molecule has 0 fully saturated rings. The number of para-hydroxylation sites is 1. The van der Waals surface area contributed by atoms with Crippen molar-refractivity contribution in [1.29, 1.82) is 0 Å². The SMILES string of the molecule is CCC(C)CNC(=O)C[C@H](O)[C@@H](NC(=O)[C@H](Cc1c[nH]c2ccccc12)NC(=O)[C@H](Cc1cccc2ccccc12)NC(=O)OCc1ccccc1)C(C)CC. The van der Waals surface area contributed by atoms with E-state index in [0.29, 0.717) is 18.9 Å². The minimum atomic E-state index is -1.17. The van der Waals surface area contributed by atoms with Gasteiger partial charge in [-0.25, -0.2) is 4.79 Å². The number of aliphatic hydroxyl groups excluding tert-OH is 1. The zero-order valence-electron chi connectivity index (χ0n) is 32.7. The molecule has 6 N–H and O–H groups in total. The Hall–Kier alpha value is -5.68. The summed E-state index contributed by atoms with van der Waals surface area (Å²) < 4.78 is 5.53. The Bertz CT molecular complexity index is 2060. The molecule has 0 saturated carbocycles. The molecule has 6 atom stereocenters.